The minimum Gasteiger partial charge on any atom is -0.491 e. The van der Waals surface area contributed by atoms with E-state index < -0.39 is 16.0 Å². The van der Waals surface area contributed by atoms with Crippen molar-refractivity contribution in [3.63, 3.8) is 0 Å². The molecule has 0 amide bonds. The monoisotopic (exact) mass is 471 g/mol. The van der Waals surface area contributed by atoms with Crippen LogP contribution in [0.5, 0.6) is 5.75 Å². The van der Waals surface area contributed by atoms with Gasteiger partial charge in [-0.3, -0.25) is 4.72 Å². The molecule has 1 aromatic heterocycles. The molecule has 0 aliphatic carbocycles. The van der Waals surface area contributed by atoms with Crippen LogP contribution in [-0.2, 0) is 16.4 Å². The van der Waals surface area contributed by atoms with Crippen molar-refractivity contribution in [2.24, 2.45) is 0 Å². The number of benzene rings is 3. The number of nitrogens with one attached hydrogen (secondary N) is 1. The Hall–Kier alpha value is -3.49. The van der Waals surface area contributed by atoms with E-state index in [0.29, 0.717) is 28.0 Å². The van der Waals surface area contributed by atoms with Gasteiger partial charge in [0.05, 0.1) is 17.9 Å². The molecular formula is C23H18ClNO6S. The number of rotatable bonds is 8. The third-order valence-electron chi connectivity index (χ3n) is 4.73. The zero-order valence-electron chi connectivity index (χ0n) is 16.6. The van der Waals surface area contributed by atoms with Gasteiger partial charge in [0.25, 0.3) is 10.0 Å². The first-order valence-corrected chi connectivity index (χ1v) is 11.4. The molecule has 1 heterocycles. The Kier molecular flexibility index (Phi) is 6.07. The maximum absolute atomic E-state index is 12.9. The summed E-state index contributed by atoms with van der Waals surface area (Å²) in [5.41, 5.74) is 1.40. The Bertz CT molecular complexity index is 1360. The van der Waals surface area contributed by atoms with Crippen molar-refractivity contribution in [2.75, 3.05) is 11.3 Å². The van der Waals surface area contributed by atoms with Crippen molar-refractivity contribution in [2.45, 2.75) is 11.5 Å². The molecule has 0 saturated heterocycles. The molecular weight excluding hydrogens is 454 g/mol. The maximum Gasteiger partial charge on any atom is 0.335 e. The lowest BCUT2D eigenvalue weighted by atomic mass is 10.1. The Morgan fingerprint density at radius 2 is 1.78 bits per heavy atom. The molecule has 32 heavy (non-hydrogen) atoms. The first-order valence-electron chi connectivity index (χ1n) is 9.58. The van der Waals surface area contributed by atoms with E-state index in [4.69, 9.17) is 20.8 Å². The quantitative estimate of drug-likeness (QED) is 0.365. The van der Waals surface area contributed by atoms with Gasteiger partial charge in [-0.25, -0.2) is 4.79 Å². The maximum atomic E-state index is 12.9. The van der Waals surface area contributed by atoms with Crippen LogP contribution in [0.3, 0.4) is 0 Å². The standard InChI is InChI=1S/C23H18ClNO6S/c24-17-9-10-21(30-12-11-15-5-1-3-7-18(15)23(26)27)19(14-17)25-32(28,29)22-13-16-6-2-4-8-20(16)31-22/h1-10,13-14,25H,11-12H2,(H,26,27). The minimum atomic E-state index is -4.04. The van der Waals surface area contributed by atoms with Crippen molar-refractivity contribution in [3.05, 3.63) is 88.9 Å². The Balaban J connectivity index is 1.54. The number of sulfonamides is 1. The molecule has 0 bridgehead atoms. The first-order chi connectivity index (χ1) is 15.3. The summed E-state index contributed by atoms with van der Waals surface area (Å²) < 4.78 is 39.5. The van der Waals surface area contributed by atoms with Crippen LogP contribution in [0, 0.1) is 0 Å². The van der Waals surface area contributed by atoms with Gasteiger partial charge >= 0.3 is 5.97 Å². The minimum absolute atomic E-state index is 0.130. The summed E-state index contributed by atoms with van der Waals surface area (Å²) in [5.74, 6) is -0.770. The fourth-order valence-electron chi connectivity index (χ4n) is 3.21. The lowest BCUT2D eigenvalue weighted by molar-refractivity contribution is 0.0695. The highest BCUT2D eigenvalue weighted by molar-refractivity contribution is 7.92. The van der Waals surface area contributed by atoms with Crippen LogP contribution in [0.2, 0.25) is 5.02 Å². The molecule has 0 unspecified atom stereocenters. The van der Waals surface area contributed by atoms with Crippen LogP contribution in [0.25, 0.3) is 11.0 Å². The summed E-state index contributed by atoms with van der Waals surface area (Å²) in [6, 6.07) is 19.6. The lowest BCUT2D eigenvalue weighted by Gasteiger charge is -2.14. The summed E-state index contributed by atoms with van der Waals surface area (Å²) in [6.45, 7) is 0.130. The van der Waals surface area contributed by atoms with Crippen molar-refractivity contribution < 1.29 is 27.5 Å². The van der Waals surface area contributed by atoms with E-state index in [9.17, 15) is 18.3 Å². The third-order valence-corrected chi connectivity index (χ3v) is 6.19. The highest BCUT2D eigenvalue weighted by atomic mass is 35.5. The van der Waals surface area contributed by atoms with E-state index in [1.54, 1.807) is 54.6 Å². The van der Waals surface area contributed by atoms with E-state index in [1.165, 1.54) is 18.2 Å². The number of hydrogen-bond acceptors (Lipinski definition) is 5. The van der Waals surface area contributed by atoms with Gasteiger partial charge in [0.2, 0.25) is 5.09 Å². The van der Waals surface area contributed by atoms with Crippen LogP contribution in [0.1, 0.15) is 15.9 Å². The van der Waals surface area contributed by atoms with Gasteiger partial charge in [-0.05, 0) is 35.9 Å². The second kappa shape index (κ2) is 8.94. The van der Waals surface area contributed by atoms with Crippen molar-refractivity contribution in [1.29, 1.82) is 0 Å². The van der Waals surface area contributed by atoms with Crippen molar-refractivity contribution >= 4 is 44.3 Å². The highest BCUT2D eigenvalue weighted by Crippen LogP contribution is 2.31. The number of carboxylic acids is 1. The van der Waals surface area contributed by atoms with Gasteiger partial charge in [0.15, 0.2) is 0 Å². The molecule has 0 atom stereocenters. The van der Waals surface area contributed by atoms with Crippen molar-refractivity contribution in [1.82, 2.24) is 0 Å². The SMILES string of the molecule is O=C(O)c1ccccc1CCOc1ccc(Cl)cc1NS(=O)(=O)c1cc2ccccc2o1. The molecule has 0 fully saturated rings. The number of ether oxygens (including phenoxy) is 1. The average Bonchev–Trinajstić information content (AvgIpc) is 3.21. The van der Waals surface area contributed by atoms with Crippen molar-refractivity contribution in [3.8, 4) is 5.75 Å². The summed E-state index contributed by atoms with van der Waals surface area (Å²) in [5, 5.41) is 10.0. The predicted octanol–water partition coefficient (Wildman–Crippen LogP) is 5.21. The molecule has 0 radical (unpaired) electrons. The van der Waals surface area contributed by atoms with Crippen LogP contribution in [0.15, 0.2) is 82.3 Å². The number of carbonyl (C=O) groups is 1. The molecule has 2 N–H and O–H groups in total. The number of halogens is 1. The van der Waals surface area contributed by atoms with Crippen LogP contribution in [0.4, 0.5) is 5.69 Å². The zero-order valence-corrected chi connectivity index (χ0v) is 18.2. The van der Waals surface area contributed by atoms with E-state index >= 15 is 0 Å². The summed E-state index contributed by atoms with van der Waals surface area (Å²) in [7, 11) is -4.04. The molecule has 4 aromatic rings. The topological polar surface area (TPSA) is 106 Å². The summed E-state index contributed by atoms with van der Waals surface area (Å²) >= 11 is 6.06. The molecule has 164 valence electrons. The fraction of sp³-hybridized carbons (Fsp3) is 0.0870. The second-order valence-corrected chi connectivity index (χ2v) is 8.96. The lowest BCUT2D eigenvalue weighted by Crippen LogP contribution is -2.14. The molecule has 0 aliphatic rings. The molecule has 9 heteroatoms. The fourth-order valence-corrected chi connectivity index (χ4v) is 4.41. The summed E-state index contributed by atoms with van der Waals surface area (Å²) in [6.07, 6.45) is 0.320. The normalized spacial score (nSPS) is 11.4. The number of hydrogen-bond donors (Lipinski definition) is 2. The smallest absolute Gasteiger partial charge is 0.335 e. The number of carboxylic acid groups (broad SMARTS) is 1. The Labute approximate surface area is 189 Å². The zero-order chi connectivity index (χ0) is 22.7. The second-order valence-electron chi connectivity index (χ2n) is 6.91. The molecule has 7 nitrogen and oxygen atoms in total. The molecule has 4 rings (SSSR count). The number of furan rings is 1. The third kappa shape index (κ3) is 4.71. The van der Waals surface area contributed by atoms with Gasteiger partial charge in [-0.2, -0.15) is 8.42 Å². The van der Waals surface area contributed by atoms with Gasteiger partial charge in [-0.1, -0.05) is 48.0 Å². The van der Waals surface area contributed by atoms with E-state index in [-0.39, 0.29) is 28.7 Å². The summed E-state index contributed by atoms with van der Waals surface area (Å²) in [4.78, 5) is 11.4. The molecule has 0 aliphatic heterocycles. The Morgan fingerprint density at radius 1 is 1.03 bits per heavy atom. The Morgan fingerprint density at radius 3 is 2.56 bits per heavy atom. The number of aromatic carboxylic acids is 1. The largest absolute Gasteiger partial charge is 0.491 e. The van der Waals surface area contributed by atoms with Gasteiger partial charge in [0.1, 0.15) is 11.3 Å². The van der Waals surface area contributed by atoms with Gasteiger partial charge in [-0.15, -0.1) is 0 Å². The van der Waals surface area contributed by atoms with E-state index in [2.05, 4.69) is 4.72 Å². The van der Waals surface area contributed by atoms with Gasteiger partial charge in [0, 0.05) is 22.9 Å². The van der Waals surface area contributed by atoms with Crippen LogP contribution >= 0.6 is 11.6 Å². The van der Waals surface area contributed by atoms with Gasteiger partial charge < -0.3 is 14.3 Å². The number of fused-ring (bicyclic) bond motifs is 1. The van der Waals surface area contributed by atoms with E-state index in [1.807, 2.05) is 0 Å². The van der Waals surface area contributed by atoms with Crippen LogP contribution < -0.4 is 9.46 Å². The number of para-hydroxylation sites is 1. The molecule has 3 aromatic carbocycles. The highest BCUT2D eigenvalue weighted by Gasteiger charge is 2.22. The predicted molar refractivity (Wildman–Crippen MR) is 121 cm³/mol. The first kappa shape index (κ1) is 21.7. The number of anilines is 1. The average molecular weight is 472 g/mol. The molecule has 0 spiro atoms. The molecule has 0 saturated carbocycles. The van der Waals surface area contributed by atoms with E-state index in [0.717, 1.165) is 0 Å². The van der Waals surface area contributed by atoms with Crippen LogP contribution in [-0.4, -0.2) is 26.1 Å².